The molecule has 3 rings (SSSR count). The van der Waals surface area contributed by atoms with Crippen LogP contribution in [0.5, 0.6) is 0 Å². The van der Waals surface area contributed by atoms with Gasteiger partial charge in [-0.05, 0) is 17.7 Å². The summed E-state index contributed by atoms with van der Waals surface area (Å²) in [5.74, 6) is 0.786. The third kappa shape index (κ3) is 3.80. The number of para-hydroxylation sites is 2. The van der Waals surface area contributed by atoms with E-state index in [4.69, 9.17) is 9.72 Å². The molecule has 0 saturated heterocycles. The summed E-state index contributed by atoms with van der Waals surface area (Å²) in [5, 5.41) is 5.82. The summed E-state index contributed by atoms with van der Waals surface area (Å²) in [6.07, 6.45) is 0. The van der Waals surface area contributed by atoms with Crippen molar-refractivity contribution in [2.24, 2.45) is 7.05 Å². The molecule has 25 heavy (non-hydrogen) atoms. The van der Waals surface area contributed by atoms with Gasteiger partial charge in [0.25, 0.3) is 0 Å². The number of imidazole rings is 1. The first-order chi connectivity index (χ1) is 12.2. The summed E-state index contributed by atoms with van der Waals surface area (Å²) in [7, 11) is 3.57. The van der Waals surface area contributed by atoms with Crippen LogP contribution in [-0.4, -0.2) is 35.8 Å². The Kier molecular flexibility index (Phi) is 5.30. The van der Waals surface area contributed by atoms with Crippen LogP contribution in [0.25, 0.3) is 11.0 Å². The zero-order valence-corrected chi connectivity index (χ0v) is 14.4. The van der Waals surface area contributed by atoms with E-state index >= 15 is 0 Å². The van der Waals surface area contributed by atoms with E-state index in [9.17, 15) is 4.79 Å². The monoisotopic (exact) mass is 338 g/mol. The third-order valence-electron chi connectivity index (χ3n) is 4.08. The van der Waals surface area contributed by atoms with Crippen LogP contribution >= 0.6 is 0 Å². The molecule has 1 atom stereocenters. The van der Waals surface area contributed by atoms with E-state index in [1.165, 1.54) is 0 Å². The first-order valence-corrected chi connectivity index (χ1v) is 8.20. The maximum absolute atomic E-state index is 12.3. The van der Waals surface area contributed by atoms with Crippen molar-refractivity contribution >= 4 is 17.1 Å². The Morgan fingerprint density at radius 3 is 2.60 bits per heavy atom. The summed E-state index contributed by atoms with van der Waals surface area (Å²) >= 11 is 0. The highest BCUT2D eigenvalue weighted by molar-refractivity contribution is 5.77. The molecule has 3 aromatic rings. The van der Waals surface area contributed by atoms with Crippen LogP contribution in [0.1, 0.15) is 17.4 Å². The summed E-state index contributed by atoms with van der Waals surface area (Å²) in [6.45, 7) is 0.919. The molecule has 0 aliphatic heterocycles. The Morgan fingerprint density at radius 1 is 1.16 bits per heavy atom. The maximum Gasteiger partial charge on any atom is 0.315 e. The fraction of sp³-hybridized carbons (Fsp3) is 0.263. The van der Waals surface area contributed by atoms with E-state index in [2.05, 4.69) is 10.6 Å². The van der Waals surface area contributed by atoms with Crippen molar-refractivity contribution in [2.45, 2.75) is 6.04 Å². The Morgan fingerprint density at radius 2 is 1.88 bits per heavy atom. The lowest BCUT2D eigenvalue weighted by Crippen LogP contribution is -2.40. The van der Waals surface area contributed by atoms with Crippen LogP contribution in [-0.2, 0) is 11.8 Å². The molecule has 0 radical (unpaired) electrons. The Balaban J connectivity index is 1.93. The zero-order valence-electron chi connectivity index (χ0n) is 14.4. The van der Waals surface area contributed by atoms with Crippen LogP contribution in [0.4, 0.5) is 4.79 Å². The number of methoxy groups -OCH3 is 1. The molecule has 1 heterocycles. The molecular formula is C19H22N4O2. The second-order valence-corrected chi connectivity index (χ2v) is 5.75. The average molecular weight is 338 g/mol. The molecule has 0 fully saturated rings. The number of hydrogen-bond donors (Lipinski definition) is 2. The van der Waals surface area contributed by atoms with Gasteiger partial charge in [0.15, 0.2) is 0 Å². The number of amides is 2. The lowest BCUT2D eigenvalue weighted by atomic mass is 10.1. The number of fused-ring (bicyclic) bond motifs is 1. The molecular weight excluding hydrogens is 316 g/mol. The van der Waals surface area contributed by atoms with Gasteiger partial charge >= 0.3 is 6.03 Å². The Bertz CT molecular complexity index is 845. The normalized spacial score (nSPS) is 12.1. The number of aromatic nitrogens is 2. The highest BCUT2D eigenvalue weighted by Gasteiger charge is 2.22. The van der Waals surface area contributed by atoms with Crippen LogP contribution in [0.3, 0.4) is 0 Å². The van der Waals surface area contributed by atoms with Gasteiger partial charge in [-0.3, -0.25) is 0 Å². The molecule has 0 bridgehead atoms. The van der Waals surface area contributed by atoms with Crippen LogP contribution in [0, 0.1) is 0 Å². The van der Waals surface area contributed by atoms with Gasteiger partial charge in [-0.15, -0.1) is 0 Å². The number of aryl methyl sites for hydroxylation is 1. The summed E-state index contributed by atoms with van der Waals surface area (Å²) in [6, 6.07) is 17.2. The second-order valence-electron chi connectivity index (χ2n) is 5.75. The molecule has 0 saturated carbocycles. The molecule has 2 N–H and O–H groups in total. The van der Waals surface area contributed by atoms with Crippen molar-refractivity contribution in [1.29, 1.82) is 0 Å². The second kappa shape index (κ2) is 7.81. The first-order valence-electron chi connectivity index (χ1n) is 8.20. The number of rotatable bonds is 6. The van der Waals surface area contributed by atoms with Crippen LogP contribution in [0.2, 0.25) is 0 Å². The summed E-state index contributed by atoms with van der Waals surface area (Å²) in [4.78, 5) is 17.0. The summed E-state index contributed by atoms with van der Waals surface area (Å²) in [5.41, 5.74) is 2.91. The number of hydrogen-bond acceptors (Lipinski definition) is 3. The van der Waals surface area contributed by atoms with Crippen LogP contribution in [0.15, 0.2) is 54.6 Å². The van der Waals surface area contributed by atoms with Crippen molar-refractivity contribution in [2.75, 3.05) is 20.3 Å². The molecule has 0 aliphatic carbocycles. The zero-order chi connectivity index (χ0) is 17.6. The van der Waals surface area contributed by atoms with Crippen molar-refractivity contribution < 1.29 is 9.53 Å². The predicted molar refractivity (Wildman–Crippen MR) is 97.4 cm³/mol. The van der Waals surface area contributed by atoms with Crippen molar-refractivity contribution in [3.63, 3.8) is 0 Å². The highest BCUT2D eigenvalue weighted by Crippen LogP contribution is 2.24. The van der Waals surface area contributed by atoms with Gasteiger partial charge in [-0.25, -0.2) is 9.78 Å². The van der Waals surface area contributed by atoms with E-state index in [1.54, 1.807) is 7.11 Å². The molecule has 130 valence electrons. The van der Waals surface area contributed by atoms with Crippen LogP contribution < -0.4 is 10.6 Å². The molecule has 2 amide bonds. The molecule has 0 spiro atoms. The lowest BCUT2D eigenvalue weighted by Gasteiger charge is -2.19. The maximum atomic E-state index is 12.3. The number of urea groups is 1. The number of carbonyl (C=O) groups is 1. The summed E-state index contributed by atoms with van der Waals surface area (Å²) < 4.78 is 6.98. The Hall–Kier alpha value is -2.86. The topological polar surface area (TPSA) is 68.2 Å². The van der Waals surface area contributed by atoms with Gasteiger partial charge in [-0.1, -0.05) is 42.5 Å². The van der Waals surface area contributed by atoms with Gasteiger partial charge in [0.05, 0.1) is 17.6 Å². The SMILES string of the molecule is COCCNC(=O)N[C@H](c1ccccc1)c1nc2ccccc2n1C. The number of nitrogens with zero attached hydrogens (tertiary/aromatic N) is 2. The number of nitrogens with one attached hydrogen (secondary N) is 2. The van der Waals surface area contributed by atoms with E-state index < -0.39 is 0 Å². The number of benzene rings is 2. The number of ether oxygens (including phenoxy) is 1. The smallest absolute Gasteiger partial charge is 0.315 e. The number of carbonyl (C=O) groups excluding carboxylic acids is 1. The highest BCUT2D eigenvalue weighted by atomic mass is 16.5. The van der Waals surface area contributed by atoms with Gasteiger partial charge in [-0.2, -0.15) is 0 Å². The van der Waals surface area contributed by atoms with Crippen molar-refractivity contribution in [1.82, 2.24) is 20.2 Å². The molecule has 0 unspecified atom stereocenters. The molecule has 0 aliphatic rings. The van der Waals surface area contributed by atoms with Gasteiger partial charge < -0.3 is 19.9 Å². The minimum Gasteiger partial charge on any atom is -0.383 e. The van der Waals surface area contributed by atoms with E-state index in [-0.39, 0.29) is 12.1 Å². The quantitative estimate of drug-likeness (QED) is 0.679. The lowest BCUT2D eigenvalue weighted by molar-refractivity contribution is 0.195. The molecule has 6 heteroatoms. The minimum atomic E-state index is -0.346. The van der Waals surface area contributed by atoms with Gasteiger partial charge in [0, 0.05) is 20.7 Å². The van der Waals surface area contributed by atoms with Crippen molar-refractivity contribution in [3.05, 3.63) is 66.0 Å². The fourth-order valence-corrected chi connectivity index (χ4v) is 2.81. The molecule has 6 nitrogen and oxygen atoms in total. The van der Waals surface area contributed by atoms with E-state index in [0.717, 1.165) is 22.4 Å². The first kappa shape index (κ1) is 17.0. The fourth-order valence-electron chi connectivity index (χ4n) is 2.81. The third-order valence-corrected chi connectivity index (χ3v) is 4.08. The Labute approximate surface area is 146 Å². The molecule has 1 aromatic heterocycles. The van der Waals surface area contributed by atoms with E-state index in [1.807, 2.05) is 66.2 Å². The van der Waals surface area contributed by atoms with Gasteiger partial charge in [0.1, 0.15) is 11.9 Å². The standard InChI is InChI=1S/C19H22N4O2/c1-23-16-11-7-6-10-15(16)21-18(23)17(14-8-4-3-5-9-14)22-19(24)20-12-13-25-2/h3-11,17H,12-13H2,1-2H3,(H2,20,22,24)/t17-/m1/s1. The van der Waals surface area contributed by atoms with E-state index in [0.29, 0.717) is 13.2 Å². The van der Waals surface area contributed by atoms with Gasteiger partial charge in [0.2, 0.25) is 0 Å². The molecule has 2 aromatic carbocycles. The predicted octanol–water partition coefficient (Wildman–Crippen LogP) is 2.61. The minimum absolute atomic E-state index is 0.252. The largest absolute Gasteiger partial charge is 0.383 e. The van der Waals surface area contributed by atoms with Crippen molar-refractivity contribution in [3.8, 4) is 0 Å². The average Bonchev–Trinajstić information content (AvgIpc) is 2.97.